The molecule has 0 saturated carbocycles. The lowest BCUT2D eigenvalue weighted by Gasteiger charge is -2.15. The Morgan fingerprint density at radius 1 is 0.300 bits per heavy atom. The van der Waals surface area contributed by atoms with Crippen LogP contribution in [0.1, 0.15) is 224 Å². The van der Waals surface area contributed by atoms with Crippen LogP contribution < -0.4 is 33.7 Å². The smallest absolute Gasteiger partial charge is 0.233 e. The molecule has 26 nitrogen and oxygen atoms in total. The first-order valence-corrected chi connectivity index (χ1v) is 64.2. The van der Waals surface area contributed by atoms with Crippen LogP contribution in [0.4, 0.5) is 5.69 Å². The summed E-state index contributed by atoms with van der Waals surface area (Å²) >= 11 is 50.0. The van der Waals surface area contributed by atoms with Crippen LogP contribution in [0.2, 0.25) is 40.2 Å². The van der Waals surface area contributed by atoms with Crippen molar-refractivity contribution in [3.05, 3.63) is 322 Å². The maximum Gasteiger partial charge on any atom is 0.233 e. The molecule has 0 aliphatic heterocycles. The number of hydrogen-bond donors (Lipinski definition) is 13. The number of carbonyl (C=O) groups is 1. The van der Waals surface area contributed by atoms with Crippen LogP contribution in [0, 0.1) is 27.7 Å². The zero-order valence-corrected chi connectivity index (χ0v) is 98.9. The van der Waals surface area contributed by atoms with E-state index < -0.39 is 44.2 Å². The molecule has 150 heavy (non-hydrogen) atoms. The zero-order chi connectivity index (χ0) is 113. The van der Waals surface area contributed by atoms with Crippen LogP contribution in [-0.4, -0.2) is 137 Å². The minimum Gasteiger partial charge on any atom is -0.508 e. The quantitative estimate of drug-likeness (QED) is 0.0130. The third-order valence-electron chi connectivity index (χ3n) is 22.5. The van der Waals surface area contributed by atoms with Crippen LogP contribution in [0.25, 0.3) is 0 Å². The Balaban J connectivity index is 0.000000243. The number of halogens is 8. The molecular formula is C110H133Cl8NO25P6. The normalized spacial score (nSPS) is 13.7. The molecule has 814 valence electrons. The van der Waals surface area contributed by atoms with E-state index in [0.717, 1.165) is 67.6 Å². The summed E-state index contributed by atoms with van der Waals surface area (Å²) in [6.07, 6.45) is 1.27. The molecule has 0 amide bonds. The first kappa shape index (κ1) is 128. The Morgan fingerprint density at radius 2 is 0.593 bits per heavy atom. The first-order valence-electron chi connectivity index (χ1n) is 47.4. The number of aromatic hydroxyl groups is 6. The highest BCUT2D eigenvalue weighted by molar-refractivity contribution is 7.58. The maximum atomic E-state index is 13.0. The van der Waals surface area contributed by atoms with Gasteiger partial charge in [0.2, 0.25) is 36.8 Å². The molecule has 0 saturated heterocycles. The van der Waals surface area contributed by atoms with Crippen molar-refractivity contribution >= 4 is 148 Å². The third-order valence-corrected chi connectivity index (χ3v) is 29.5. The summed E-state index contributed by atoms with van der Waals surface area (Å²) in [4.78, 5) is 69.3. The van der Waals surface area contributed by atoms with Crippen molar-refractivity contribution in [2.24, 2.45) is 0 Å². The van der Waals surface area contributed by atoms with Crippen molar-refractivity contribution in [2.75, 3.05) is 76.8 Å². The average Bonchev–Trinajstić information content (AvgIpc) is 0.798. The van der Waals surface area contributed by atoms with E-state index in [1.54, 1.807) is 147 Å². The second-order valence-corrected chi connectivity index (χ2v) is 56.8. The highest BCUT2D eigenvalue weighted by Gasteiger charge is 2.27. The molecule has 0 aliphatic rings. The number of phenolic OH excluding ortho intramolecular Hbond substituents is 6. The molecule has 0 bridgehead atoms. The third kappa shape index (κ3) is 41.8. The summed E-state index contributed by atoms with van der Waals surface area (Å²) in [7, 11) is -19.3. The van der Waals surface area contributed by atoms with E-state index in [1.165, 1.54) is 74.4 Å². The maximum absolute atomic E-state index is 13.0. The molecule has 0 radical (unpaired) electrons. The van der Waals surface area contributed by atoms with Gasteiger partial charge in [0.05, 0.1) is 36.4 Å². The molecular weight excluding hydrogens is 2200 g/mol. The van der Waals surface area contributed by atoms with Crippen molar-refractivity contribution in [2.45, 2.75) is 172 Å². The van der Waals surface area contributed by atoms with E-state index in [9.17, 15) is 92.2 Å². The van der Waals surface area contributed by atoms with Gasteiger partial charge in [-0.25, -0.2) is 0 Å². The highest BCUT2D eigenvalue weighted by atomic mass is 35.5. The average molecular weight is 2340 g/mol. The number of hydrogen-bond acceptors (Lipinski definition) is 20. The molecule has 0 spiro atoms. The number of benzene rings is 12. The fraction of sp³-hybridized carbons (Fsp3) is 0.336. The van der Waals surface area contributed by atoms with E-state index in [2.05, 4.69) is 51.2 Å². The van der Waals surface area contributed by atoms with Gasteiger partial charge in [-0.05, 0) is 282 Å². The molecule has 40 heteroatoms. The second kappa shape index (κ2) is 56.0. The lowest BCUT2D eigenvalue weighted by atomic mass is 9.91. The summed E-state index contributed by atoms with van der Waals surface area (Å²) < 4.78 is 102. The molecule has 0 aromatic heterocycles. The summed E-state index contributed by atoms with van der Waals surface area (Å²) in [5, 5.41) is 64.6. The van der Waals surface area contributed by atoms with Crippen molar-refractivity contribution < 1.29 is 121 Å². The van der Waals surface area contributed by atoms with Gasteiger partial charge in [-0.2, -0.15) is 0 Å². The van der Waals surface area contributed by atoms with Crippen LogP contribution in [0.3, 0.4) is 0 Å². The molecule has 0 fully saturated rings. The number of nitrogens with one attached hydrogen (secondary N) is 1. The molecule has 12 aromatic rings. The van der Waals surface area contributed by atoms with Crippen LogP contribution >= 0.6 is 137 Å². The summed E-state index contributed by atoms with van der Waals surface area (Å²) in [5.74, 6) is 5.57. The number of aryl methyl sites for hydroxylation is 5. The Labute approximate surface area is 919 Å². The fourth-order valence-corrected chi connectivity index (χ4v) is 20.6. The number of anilines is 1. The number of ketones is 1. The zero-order valence-electron chi connectivity index (χ0n) is 87.5. The SMILES string of the molecule is CC(C)c1cc(Cc2c(Cl)cc(OCP(C)(=O)O)cc2Cl)ccc1O.CC(C)c1cc(Oc2c(Cl)cc(CP(C)(=O)O)cc2Cl)ccc1O.CC(C)c1cc(Oc2c(Cl)cc(NCP(C)(=O)O)cc2Cl)ccc1O.CC(C)c1cc(Oc2c(Cl)cc(OCP(C)(=O)O)cc2Cl)ccc1O.Cc1cc(CCP(C)(=O)O)cc(C)c1Cc1ccc(O)c(C(C)C)c1.Cc1cc(OCP(C)(=O)O)cc(C)c1C(=O)c1ccc(O)c(C(C)C)c1. The van der Waals surface area contributed by atoms with Gasteiger partial charge in [-0.3, -0.25) is 32.2 Å². The largest absolute Gasteiger partial charge is 0.508 e. The van der Waals surface area contributed by atoms with Crippen molar-refractivity contribution in [1.82, 2.24) is 0 Å². The van der Waals surface area contributed by atoms with Gasteiger partial charge < -0.3 is 93.7 Å². The summed E-state index contributed by atoms with van der Waals surface area (Å²) in [6, 6.07) is 50.9. The second-order valence-electron chi connectivity index (χ2n) is 39.1. The molecule has 13 N–H and O–H groups in total. The molecule has 12 rings (SSSR count). The van der Waals surface area contributed by atoms with E-state index in [4.69, 9.17) is 121 Å². The fourth-order valence-electron chi connectivity index (χ4n) is 15.1. The van der Waals surface area contributed by atoms with E-state index >= 15 is 0 Å². The lowest BCUT2D eigenvalue weighted by molar-refractivity contribution is 0.103. The highest BCUT2D eigenvalue weighted by Crippen LogP contribution is 2.50. The van der Waals surface area contributed by atoms with Gasteiger partial charge in [0.15, 0.2) is 49.4 Å². The van der Waals surface area contributed by atoms with Crippen LogP contribution in [0.15, 0.2) is 182 Å². The van der Waals surface area contributed by atoms with Crippen molar-refractivity contribution in [3.63, 3.8) is 0 Å². The van der Waals surface area contributed by atoms with Crippen molar-refractivity contribution in [1.29, 1.82) is 0 Å². The molecule has 0 heterocycles. The topological polar surface area (TPSA) is 430 Å². The van der Waals surface area contributed by atoms with E-state index in [1.807, 2.05) is 87.4 Å². The summed E-state index contributed by atoms with van der Waals surface area (Å²) in [6.45, 7) is 39.3. The predicted molar refractivity (Wildman–Crippen MR) is 612 cm³/mol. The Hall–Kier alpha value is -8.83. The number of carbonyl (C=O) groups excluding carboxylic acids is 1. The Bertz CT molecular complexity index is 6400. The first-order chi connectivity index (χ1) is 69.3. The standard InChI is InChI=1S/C21H29O3P.C20H25O5P.C18H21Cl2O4P.C17H20Cl2NO4P.C17H19Cl2O5P.C17H19Cl2O4P/c1-14(2)19-12-17(6-7-21(19)22)13-20-15(3)10-18(11-16(20)4)8-9-25(5,23)24;1-12(2)17-10-15(6-7-18(17)21)20(22)19-13(3)8-16(9-14(19)4)25-11-26(5,23)24;1-11(2)14-6-12(4-5-18(14)21)7-15-16(19)8-13(9-17(15)20)24-10-25(3,22)23;1-10(2)13-8-12(4-5-16(13)21)24-17-14(18)6-11(7-15(17)19)20-9-25(3,22)23;1-10(2)13-6-11(4-5-16(13)20)24-17-14(18)7-12(8-15(17)19)23-9-25(3,21)22;1-10(2)13-8-12(4-5-16(13)20)23-17-14(18)6-11(7-15(17)19)9-24(3,21)22/h6-7,10-12,14,22H,8-9,13H2,1-5H3,(H,23,24);6-10,12,21H,11H2,1-5H3,(H,23,24);4-6,8-9,11,21H,7,10H2,1-3H3,(H,22,23);4-8,10,20-21H,9H2,1-3H3,(H,22,23);4-8,10,20H,9H2,1-3H3,(H,21,22);4-8,10,20H,9H2,1-3H3,(H,21,22). The van der Waals surface area contributed by atoms with E-state index in [0.29, 0.717) is 85.9 Å². The molecule has 6 unspecified atom stereocenters. The molecule has 12 aromatic carbocycles. The van der Waals surface area contributed by atoms with Gasteiger partial charge in [-0.15, -0.1) is 0 Å². The molecule has 6 atom stereocenters. The van der Waals surface area contributed by atoms with Crippen LogP contribution in [-0.2, 0) is 52.8 Å². The lowest BCUT2D eigenvalue weighted by Crippen LogP contribution is -2.08. The Morgan fingerprint density at radius 3 is 0.913 bits per heavy atom. The monoisotopic (exact) mass is 2330 g/mol. The van der Waals surface area contributed by atoms with Crippen LogP contribution in [0.5, 0.6) is 86.2 Å². The van der Waals surface area contributed by atoms with Gasteiger partial charge in [0.25, 0.3) is 0 Å². The predicted octanol–water partition coefficient (Wildman–Crippen LogP) is 33.2. The summed E-state index contributed by atoms with van der Waals surface area (Å²) in [5.41, 5.74) is 16.2. The number of ether oxygens (including phenoxy) is 6. The Kier molecular flexibility index (Phi) is 47.8. The van der Waals surface area contributed by atoms with Gasteiger partial charge in [-0.1, -0.05) is 212 Å². The minimum atomic E-state index is -3.31. The number of phenols is 6. The molecule has 0 aliphatic carbocycles. The van der Waals surface area contributed by atoms with Gasteiger partial charge >= 0.3 is 0 Å². The number of rotatable bonds is 35. The minimum absolute atomic E-state index is 0.0105. The van der Waals surface area contributed by atoms with E-state index in [-0.39, 0.29) is 155 Å². The van der Waals surface area contributed by atoms with Crippen molar-refractivity contribution in [3.8, 4) is 86.2 Å². The van der Waals surface area contributed by atoms with Gasteiger partial charge in [0.1, 0.15) is 69.0 Å². The van der Waals surface area contributed by atoms with Gasteiger partial charge in [0, 0.05) is 114 Å².